The van der Waals surface area contributed by atoms with Gasteiger partial charge in [0.25, 0.3) is 0 Å². The van der Waals surface area contributed by atoms with Crippen LogP contribution in [0.5, 0.6) is 0 Å². The van der Waals surface area contributed by atoms with Gasteiger partial charge in [-0.05, 0) is 24.6 Å². The highest BCUT2D eigenvalue weighted by Gasteiger charge is 2.17. The number of hydrogen-bond acceptors (Lipinski definition) is 3. The Bertz CT molecular complexity index is 768. The number of nitrogens with zero attached hydrogens (tertiary/aromatic N) is 3. The van der Waals surface area contributed by atoms with Gasteiger partial charge in [-0.15, -0.1) is 0 Å². The monoisotopic (exact) mass is 261 g/mol. The van der Waals surface area contributed by atoms with Crippen molar-refractivity contribution < 1.29 is 4.52 Å². The van der Waals surface area contributed by atoms with Crippen LogP contribution in [0.1, 0.15) is 5.76 Å². The lowest BCUT2D eigenvalue weighted by atomic mass is 10.0. The van der Waals surface area contributed by atoms with Crippen LogP contribution in [-0.4, -0.2) is 10.1 Å². The Balaban J connectivity index is 2.14. The van der Waals surface area contributed by atoms with Crippen LogP contribution in [0.25, 0.3) is 27.4 Å². The molecule has 0 fully saturated rings. The van der Waals surface area contributed by atoms with Gasteiger partial charge in [-0.1, -0.05) is 35.5 Å². The zero-order valence-corrected chi connectivity index (χ0v) is 10.9. The van der Waals surface area contributed by atoms with Crippen LogP contribution in [0.3, 0.4) is 0 Å². The van der Waals surface area contributed by atoms with Crippen molar-refractivity contribution >= 4 is 5.69 Å². The van der Waals surface area contributed by atoms with Crippen molar-refractivity contribution in [2.75, 3.05) is 0 Å². The SMILES string of the molecule is [C-]#[N+]c1ccc(-c2c(-c3ccccn3)noc2C)cc1. The first kappa shape index (κ1) is 12.1. The highest BCUT2D eigenvalue weighted by Crippen LogP contribution is 2.33. The molecule has 0 saturated heterocycles. The molecule has 4 nitrogen and oxygen atoms in total. The van der Waals surface area contributed by atoms with Crippen molar-refractivity contribution in [1.82, 2.24) is 10.1 Å². The van der Waals surface area contributed by atoms with E-state index in [4.69, 9.17) is 11.1 Å². The Morgan fingerprint density at radius 3 is 2.55 bits per heavy atom. The summed E-state index contributed by atoms with van der Waals surface area (Å²) in [5.41, 5.74) is 3.99. The maximum absolute atomic E-state index is 6.99. The van der Waals surface area contributed by atoms with E-state index < -0.39 is 0 Å². The molecule has 96 valence electrons. The summed E-state index contributed by atoms with van der Waals surface area (Å²) in [7, 11) is 0. The summed E-state index contributed by atoms with van der Waals surface area (Å²) in [5.74, 6) is 0.737. The maximum Gasteiger partial charge on any atom is 0.187 e. The van der Waals surface area contributed by atoms with E-state index in [1.54, 1.807) is 18.3 Å². The van der Waals surface area contributed by atoms with Crippen molar-refractivity contribution in [1.29, 1.82) is 0 Å². The predicted octanol–water partition coefficient (Wildman–Crippen LogP) is 4.26. The third-order valence-electron chi connectivity index (χ3n) is 3.06. The lowest BCUT2D eigenvalue weighted by Gasteiger charge is -2.02. The molecule has 0 N–H and O–H groups in total. The van der Waals surface area contributed by atoms with Gasteiger partial charge in [-0.2, -0.15) is 0 Å². The van der Waals surface area contributed by atoms with Gasteiger partial charge < -0.3 is 4.52 Å². The van der Waals surface area contributed by atoms with Crippen molar-refractivity contribution in [3.63, 3.8) is 0 Å². The zero-order chi connectivity index (χ0) is 13.9. The van der Waals surface area contributed by atoms with E-state index >= 15 is 0 Å². The highest BCUT2D eigenvalue weighted by atomic mass is 16.5. The molecule has 0 atom stereocenters. The van der Waals surface area contributed by atoms with Crippen LogP contribution >= 0.6 is 0 Å². The molecule has 0 spiro atoms. The van der Waals surface area contributed by atoms with Gasteiger partial charge in [-0.25, -0.2) is 4.85 Å². The molecule has 20 heavy (non-hydrogen) atoms. The molecule has 0 aliphatic carbocycles. The Kier molecular flexibility index (Phi) is 3.02. The van der Waals surface area contributed by atoms with Crippen LogP contribution < -0.4 is 0 Å². The second-order valence-electron chi connectivity index (χ2n) is 4.34. The summed E-state index contributed by atoms with van der Waals surface area (Å²) < 4.78 is 5.31. The van der Waals surface area contributed by atoms with Gasteiger partial charge in [0.2, 0.25) is 0 Å². The Morgan fingerprint density at radius 1 is 1.10 bits per heavy atom. The van der Waals surface area contributed by atoms with E-state index in [9.17, 15) is 0 Å². The predicted molar refractivity (Wildman–Crippen MR) is 76.2 cm³/mol. The van der Waals surface area contributed by atoms with Crippen molar-refractivity contribution in [3.05, 3.63) is 65.8 Å². The lowest BCUT2D eigenvalue weighted by Crippen LogP contribution is -1.86. The maximum atomic E-state index is 6.99. The van der Waals surface area contributed by atoms with Crippen molar-refractivity contribution in [2.24, 2.45) is 0 Å². The number of hydrogen-bond donors (Lipinski definition) is 0. The van der Waals surface area contributed by atoms with Gasteiger partial charge in [0.05, 0.1) is 17.8 Å². The van der Waals surface area contributed by atoms with E-state index in [2.05, 4.69) is 15.0 Å². The first-order valence-corrected chi connectivity index (χ1v) is 6.15. The van der Waals surface area contributed by atoms with Crippen LogP contribution in [0.15, 0.2) is 53.2 Å². The molecule has 3 rings (SSSR count). The lowest BCUT2D eigenvalue weighted by molar-refractivity contribution is 0.400. The summed E-state index contributed by atoms with van der Waals surface area (Å²) in [6.07, 6.45) is 1.73. The Hall–Kier alpha value is -2.93. The molecule has 0 aliphatic heterocycles. The smallest absolute Gasteiger partial charge is 0.187 e. The fourth-order valence-electron chi connectivity index (χ4n) is 2.09. The summed E-state index contributed by atoms with van der Waals surface area (Å²) in [5, 5.41) is 4.11. The van der Waals surface area contributed by atoms with E-state index in [-0.39, 0.29) is 0 Å². The molecule has 0 aliphatic rings. The minimum atomic E-state index is 0.613. The number of pyridine rings is 1. The molecule has 2 aromatic heterocycles. The molecule has 0 bridgehead atoms. The molecule has 2 heterocycles. The molecule has 0 saturated carbocycles. The summed E-state index contributed by atoms with van der Waals surface area (Å²) in [4.78, 5) is 7.71. The fraction of sp³-hybridized carbons (Fsp3) is 0.0625. The highest BCUT2D eigenvalue weighted by molar-refractivity contribution is 5.81. The first-order chi connectivity index (χ1) is 9.79. The van der Waals surface area contributed by atoms with E-state index in [0.717, 1.165) is 28.3 Å². The fourth-order valence-corrected chi connectivity index (χ4v) is 2.09. The van der Waals surface area contributed by atoms with Gasteiger partial charge in [0, 0.05) is 6.20 Å². The van der Waals surface area contributed by atoms with Crippen LogP contribution in [0, 0.1) is 13.5 Å². The average Bonchev–Trinajstić information content (AvgIpc) is 2.90. The first-order valence-electron chi connectivity index (χ1n) is 6.15. The normalized spacial score (nSPS) is 10.2. The minimum absolute atomic E-state index is 0.613. The molecule has 0 amide bonds. The Labute approximate surface area is 116 Å². The molecule has 0 radical (unpaired) electrons. The van der Waals surface area contributed by atoms with E-state index in [1.807, 2.05) is 37.3 Å². The molecule has 4 heteroatoms. The van der Waals surface area contributed by atoms with Crippen LogP contribution in [0.2, 0.25) is 0 Å². The zero-order valence-electron chi connectivity index (χ0n) is 10.9. The van der Waals surface area contributed by atoms with Gasteiger partial charge in [-0.3, -0.25) is 4.98 Å². The molecule has 0 unspecified atom stereocenters. The third-order valence-corrected chi connectivity index (χ3v) is 3.06. The topological polar surface area (TPSA) is 43.3 Å². The van der Waals surface area contributed by atoms with E-state index in [0.29, 0.717) is 5.69 Å². The largest absolute Gasteiger partial charge is 0.360 e. The van der Waals surface area contributed by atoms with Crippen molar-refractivity contribution in [2.45, 2.75) is 6.92 Å². The summed E-state index contributed by atoms with van der Waals surface area (Å²) in [6, 6.07) is 13.1. The second kappa shape index (κ2) is 4.98. The van der Waals surface area contributed by atoms with Gasteiger partial charge in [0.15, 0.2) is 5.69 Å². The summed E-state index contributed by atoms with van der Waals surface area (Å²) in [6.45, 7) is 8.86. The number of rotatable bonds is 2. The van der Waals surface area contributed by atoms with Gasteiger partial charge >= 0.3 is 0 Å². The second-order valence-corrected chi connectivity index (χ2v) is 4.34. The molecule has 1 aromatic carbocycles. The van der Waals surface area contributed by atoms with Gasteiger partial charge in [0.1, 0.15) is 11.5 Å². The van der Waals surface area contributed by atoms with Crippen LogP contribution in [-0.2, 0) is 0 Å². The standard InChI is InChI=1S/C16H11N3O/c1-11-15(12-6-8-13(17-2)9-7-12)16(19-20-11)14-5-3-4-10-18-14/h3-10H,1H3. The molecular formula is C16H11N3O. The third kappa shape index (κ3) is 2.06. The van der Waals surface area contributed by atoms with E-state index in [1.165, 1.54) is 0 Å². The number of benzene rings is 1. The van der Waals surface area contributed by atoms with Crippen molar-refractivity contribution in [3.8, 4) is 22.5 Å². The summed E-state index contributed by atoms with van der Waals surface area (Å²) >= 11 is 0. The number of aryl methyl sites for hydroxylation is 1. The number of aromatic nitrogens is 2. The molecule has 3 aromatic rings. The average molecular weight is 261 g/mol. The quantitative estimate of drug-likeness (QED) is 0.647. The minimum Gasteiger partial charge on any atom is -0.360 e. The van der Waals surface area contributed by atoms with Crippen LogP contribution in [0.4, 0.5) is 5.69 Å². The Morgan fingerprint density at radius 2 is 1.90 bits per heavy atom. The molecular weight excluding hydrogens is 250 g/mol.